The van der Waals surface area contributed by atoms with Crippen LogP contribution in [-0.4, -0.2) is 86.8 Å². The van der Waals surface area contributed by atoms with Crippen LogP contribution in [0.2, 0.25) is 5.28 Å². The fraction of sp³-hybridized carbons (Fsp3) is 0.455. The van der Waals surface area contributed by atoms with E-state index in [1.54, 1.807) is 19.1 Å². The molecule has 0 unspecified atom stereocenters. The van der Waals surface area contributed by atoms with Crippen molar-refractivity contribution < 1.29 is 37.5 Å². The molecule has 1 aliphatic rings. The molecule has 11 nitrogen and oxygen atoms in total. The number of rotatable bonds is 9. The number of nitrogens with zero attached hydrogens (tertiary/aromatic N) is 5. The van der Waals surface area contributed by atoms with Crippen molar-refractivity contribution in [2.45, 2.75) is 25.4 Å². The maximum absolute atomic E-state index is 12.3. The zero-order valence-electron chi connectivity index (χ0n) is 19.7. The molecule has 0 spiro atoms. The first-order valence-corrected chi connectivity index (χ1v) is 11.4. The van der Waals surface area contributed by atoms with Crippen LogP contribution in [0.3, 0.4) is 0 Å². The van der Waals surface area contributed by atoms with Gasteiger partial charge in [-0.3, -0.25) is 9.47 Å². The number of ether oxygens (including phenoxy) is 2. The second-order valence-electron chi connectivity index (χ2n) is 8.61. The molecule has 1 aromatic carbocycles. The Kier molecular flexibility index (Phi) is 8.99. The van der Waals surface area contributed by atoms with E-state index in [1.165, 1.54) is 33.7 Å². The number of imidazole rings is 1. The molecular weight excluding hydrogens is 523 g/mol. The van der Waals surface area contributed by atoms with Gasteiger partial charge in [0, 0.05) is 32.7 Å². The van der Waals surface area contributed by atoms with E-state index in [2.05, 4.69) is 9.72 Å². The maximum atomic E-state index is 12.3. The van der Waals surface area contributed by atoms with E-state index >= 15 is 0 Å². The Morgan fingerprint density at radius 2 is 1.86 bits per heavy atom. The Balaban J connectivity index is 1.39. The highest BCUT2D eigenvalue weighted by molar-refractivity contribution is 6.28. The number of hydrogen-bond donors (Lipinski definition) is 1. The van der Waals surface area contributed by atoms with Crippen molar-refractivity contribution in [3.8, 4) is 5.75 Å². The minimum Gasteiger partial charge on any atom is -0.445 e. The number of hydrogen-bond acceptors (Lipinski definition) is 8. The third kappa shape index (κ3) is 8.91. The van der Waals surface area contributed by atoms with Crippen LogP contribution in [0.25, 0.3) is 6.08 Å². The Morgan fingerprint density at radius 1 is 1.22 bits per heavy atom. The van der Waals surface area contributed by atoms with Crippen LogP contribution < -0.4 is 4.74 Å². The smallest absolute Gasteiger partial charge is 0.445 e. The number of aliphatic hydroxyl groups is 1. The number of piperazine rings is 1. The van der Waals surface area contributed by atoms with E-state index in [-0.39, 0.29) is 30.7 Å². The van der Waals surface area contributed by atoms with E-state index in [1.807, 2.05) is 4.90 Å². The van der Waals surface area contributed by atoms with Crippen molar-refractivity contribution in [1.82, 2.24) is 19.4 Å². The van der Waals surface area contributed by atoms with E-state index in [0.717, 1.165) is 6.20 Å². The first kappa shape index (κ1) is 28.2. The summed E-state index contributed by atoms with van der Waals surface area (Å²) in [7, 11) is 0. The lowest BCUT2D eigenvalue weighted by atomic mass is 10.1. The molecule has 1 N–H and O–H groups in total. The average Bonchev–Trinajstić information content (AvgIpc) is 3.16. The number of nitro groups is 1. The van der Waals surface area contributed by atoms with Gasteiger partial charge in [0.2, 0.25) is 0 Å². The summed E-state index contributed by atoms with van der Waals surface area (Å²) >= 11 is 5.92. The average molecular weight is 548 g/mol. The molecular formula is C22H25ClF3N5O6. The third-order valence-electron chi connectivity index (χ3n) is 5.33. The van der Waals surface area contributed by atoms with Crippen molar-refractivity contribution in [1.29, 1.82) is 0 Å². The van der Waals surface area contributed by atoms with Crippen LogP contribution in [0.4, 0.5) is 23.8 Å². The predicted octanol–water partition coefficient (Wildman–Crippen LogP) is 3.56. The van der Waals surface area contributed by atoms with Gasteiger partial charge in [0.15, 0.2) is 0 Å². The normalized spacial score (nSPS) is 16.5. The molecule has 2 aromatic rings. The number of aromatic nitrogens is 2. The van der Waals surface area contributed by atoms with Gasteiger partial charge >= 0.3 is 23.6 Å². The molecule has 37 heavy (non-hydrogen) atoms. The molecule has 1 aromatic heterocycles. The molecule has 2 heterocycles. The highest BCUT2D eigenvalue weighted by atomic mass is 35.5. The van der Waals surface area contributed by atoms with Crippen molar-refractivity contribution in [2.24, 2.45) is 0 Å². The van der Waals surface area contributed by atoms with Crippen molar-refractivity contribution in [3.63, 3.8) is 0 Å². The standard InChI is InChI=1S/C22H25ClF3N5O6/c1-21(33,15-30-13-18(31(34)35)27-19(30)23)14-28-8-10-29(11-9-28)20(32)36-12-2-3-16-4-6-17(7-5-16)37-22(24,25)26/h2-7,13,33H,8-12,14-15H2,1H3/t21-/m0/s1. The fourth-order valence-corrected chi connectivity index (χ4v) is 3.94. The lowest BCUT2D eigenvalue weighted by Gasteiger charge is -2.37. The number of halogens is 4. The lowest BCUT2D eigenvalue weighted by Crippen LogP contribution is -2.53. The van der Waals surface area contributed by atoms with Gasteiger partial charge in [-0.2, -0.15) is 0 Å². The summed E-state index contributed by atoms with van der Waals surface area (Å²) in [5.41, 5.74) is -0.652. The summed E-state index contributed by atoms with van der Waals surface area (Å²) in [6.07, 6.45) is -0.934. The monoisotopic (exact) mass is 547 g/mol. The summed E-state index contributed by atoms with van der Waals surface area (Å²) < 4.78 is 46.9. The number of carbonyl (C=O) groups is 1. The van der Waals surface area contributed by atoms with E-state index in [9.17, 15) is 33.2 Å². The maximum Gasteiger partial charge on any atom is 0.573 e. The summed E-state index contributed by atoms with van der Waals surface area (Å²) in [6.45, 7) is 3.50. The van der Waals surface area contributed by atoms with Crippen LogP contribution in [0.1, 0.15) is 12.5 Å². The lowest BCUT2D eigenvalue weighted by molar-refractivity contribution is -0.389. The van der Waals surface area contributed by atoms with Crippen molar-refractivity contribution in [2.75, 3.05) is 39.3 Å². The largest absolute Gasteiger partial charge is 0.573 e. The van der Waals surface area contributed by atoms with Crippen LogP contribution in [-0.2, 0) is 11.3 Å². The molecule has 1 fully saturated rings. The highest BCUT2D eigenvalue weighted by Gasteiger charge is 2.32. The van der Waals surface area contributed by atoms with Gasteiger partial charge < -0.3 is 29.6 Å². The van der Waals surface area contributed by atoms with Gasteiger partial charge in [0.1, 0.15) is 18.6 Å². The molecule has 1 aliphatic heterocycles. The van der Waals surface area contributed by atoms with E-state index < -0.39 is 28.8 Å². The molecule has 0 saturated carbocycles. The Bertz CT molecular complexity index is 1110. The van der Waals surface area contributed by atoms with Gasteiger partial charge in [0.25, 0.3) is 0 Å². The molecule has 1 saturated heterocycles. The van der Waals surface area contributed by atoms with E-state index in [0.29, 0.717) is 31.7 Å². The topological polar surface area (TPSA) is 123 Å². The molecule has 0 bridgehead atoms. The number of carbonyl (C=O) groups excluding carboxylic acids is 1. The molecule has 15 heteroatoms. The first-order valence-electron chi connectivity index (χ1n) is 11.1. The Labute approximate surface area is 214 Å². The zero-order valence-corrected chi connectivity index (χ0v) is 20.5. The van der Waals surface area contributed by atoms with Crippen LogP contribution >= 0.6 is 11.6 Å². The van der Waals surface area contributed by atoms with Gasteiger partial charge in [-0.25, -0.2) is 4.79 Å². The number of β-amino-alcohol motifs (C(OH)–C–C–N with tert-alkyl or cyclic N) is 1. The van der Waals surface area contributed by atoms with Gasteiger partial charge in [0.05, 0.1) is 12.1 Å². The summed E-state index contributed by atoms with van der Waals surface area (Å²) in [4.78, 5) is 29.6. The van der Waals surface area contributed by atoms with Crippen molar-refractivity contribution in [3.05, 3.63) is 57.5 Å². The zero-order chi connectivity index (χ0) is 27.2. The van der Waals surface area contributed by atoms with E-state index in [4.69, 9.17) is 16.3 Å². The second kappa shape index (κ2) is 11.8. The fourth-order valence-electron chi connectivity index (χ4n) is 3.74. The van der Waals surface area contributed by atoms with Gasteiger partial charge in [-0.1, -0.05) is 18.2 Å². The molecule has 3 rings (SSSR count). The minimum atomic E-state index is -4.76. The minimum absolute atomic E-state index is 0.000651. The summed E-state index contributed by atoms with van der Waals surface area (Å²) in [6, 6.07) is 5.25. The van der Waals surface area contributed by atoms with Crippen LogP contribution in [0, 0.1) is 10.1 Å². The molecule has 1 amide bonds. The van der Waals surface area contributed by atoms with Crippen molar-refractivity contribution >= 4 is 29.6 Å². The molecule has 0 radical (unpaired) electrons. The third-order valence-corrected chi connectivity index (χ3v) is 5.64. The number of benzene rings is 1. The summed E-state index contributed by atoms with van der Waals surface area (Å²) in [5.74, 6) is -0.734. The summed E-state index contributed by atoms with van der Waals surface area (Å²) in [5, 5.41) is 21.5. The first-order chi connectivity index (χ1) is 17.3. The van der Waals surface area contributed by atoms with Crippen LogP contribution in [0.5, 0.6) is 5.75 Å². The van der Waals surface area contributed by atoms with Crippen LogP contribution in [0.15, 0.2) is 36.5 Å². The predicted molar refractivity (Wildman–Crippen MR) is 126 cm³/mol. The molecule has 1 atom stereocenters. The molecule has 202 valence electrons. The number of amides is 1. The van der Waals surface area contributed by atoms with Gasteiger partial charge in [-0.15, -0.1) is 13.2 Å². The quantitative estimate of drug-likeness (QED) is 0.373. The Morgan fingerprint density at radius 3 is 2.43 bits per heavy atom. The molecule has 0 aliphatic carbocycles. The Hall–Kier alpha value is -3.36. The second-order valence-corrected chi connectivity index (χ2v) is 8.95. The number of alkyl halides is 3. The van der Waals surface area contributed by atoms with Gasteiger partial charge in [-0.05, 0) is 52.2 Å². The SMILES string of the molecule is C[C@](O)(CN1CCN(C(=O)OCC=Cc2ccc(OC(F)(F)F)cc2)CC1)Cn1cc([N+](=O)[O-])nc1Cl. The highest BCUT2D eigenvalue weighted by Crippen LogP contribution is 2.23.